The monoisotopic (exact) mass is 267 g/mol. The molecule has 5 heteroatoms. The van der Waals surface area contributed by atoms with Crippen LogP contribution in [0.2, 0.25) is 0 Å². The molecule has 0 heterocycles. The second kappa shape index (κ2) is 5.91. The molecular formula is C13H17NO3S. The quantitative estimate of drug-likeness (QED) is 0.858. The summed E-state index contributed by atoms with van der Waals surface area (Å²) >= 11 is 1.63. The third-order valence-electron chi connectivity index (χ3n) is 2.36. The maximum atomic E-state index is 12.1. The van der Waals surface area contributed by atoms with Gasteiger partial charge in [0, 0.05) is 11.3 Å². The van der Waals surface area contributed by atoms with Crippen LogP contribution in [0, 0.1) is 0 Å². The number of hydrogen-bond donors (Lipinski definition) is 2. The van der Waals surface area contributed by atoms with Gasteiger partial charge in [-0.3, -0.25) is 4.79 Å². The molecule has 1 amide bonds. The molecule has 0 aliphatic heterocycles. The molecule has 0 fully saturated rings. The molecule has 0 aromatic heterocycles. The van der Waals surface area contributed by atoms with Gasteiger partial charge in [0.05, 0.1) is 11.1 Å². The number of carbonyl (C=O) groups is 2. The lowest BCUT2D eigenvalue weighted by Crippen LogP contribution is -2.45. The number of benzene rings is 1. The van der Waals surface area contributed by atoms with E-state index in [1.807, 2.05) is 20.1 Å². The number of carboxylic acids is 1. The number of thioether (sulfide) groups is 1. The van der Waals surface area contributed by atoms with Gasteiger partial charge >= 0.3 is 5.97 Å². The predicted molar refractivity (Wildman–Crippen MR) is 73.3 cm³/mol. The van der Waals surface area contributed by atoms with Crippen LogP contribution in [-0.4, -0.2) is 34.5 Å². The largest absolute Gasteiger partial charge is 0.478 e. The molecule has 1 aromatic carbocycles. The highest BCUT2D eigenvalue weighted by Crippen LogP contribution is 2.13. The number of carboxylic acid groups (broad SMARTS) is 1. The summed E-state index contributed by atoms with van der Waals surface area (Å²) in [6, 6.07) is 6.21. The Balaban J connectivity index is 2.95. The molecule has 18 heavy (non-hydrogen) atoms. The molecule has 0 bridgehead atoms. The van der Waals surface area contributed by atoms with Gasteiger partial charge < -0.3 is 10.4 Å². The van der Waals surface area contributed by atoms with Crippen LogP contribution >= 0.6 is 11.8 Å². The van der Waals surface area contributed by atoms with Gasteiger partial charge in [-0.05, 0) is 32.2 Å². The number of carbonyl (C=O) groups excluding carboxylic acids is 1. The first-order chi connectivity index (χ1) is 8.37. The van der Waals surface area contributed by atoms with E-state index in [2.05, 4.69) is 5.32 Å². The third-order valence-corrected chi connectivity index (χ3v) is 3.37. The maximum absolute atomic E-state index is 12.1. The highest BCUT2D eigenvalue weighted by molar-refractivity contribution is 7.98. The molecule has 0 atom stereocenters. The summed E-state index contributed by atoms with van der Waals surface area (Å²) in [6.07, 6.45) is 1.96. The molecule has 0 unspecified atom stereocenters. The Bertz CT molecular complexity index is 457. The van der Waals surface area contributed by atoms with E-state index in [-0.39, 0.29) is 22.6 Å². The van der Waals surface area contributed by atoms with Crippen LogP contribution in [0.1, 0.15) is 34.6 Å². The number of hydrogen-bond acceptors (Lipinski definition) is 3. The summed E-state index contributed by atoms with van der Waals surface area (Å²) in [5.41, 5.74) is -0.156. The highest BCUT2D eigenvalue weighted by Gasteiger charge is 2.23. The van der Waals surface area contributed by atoms with Crippen LogP contribution in [-0.2, 0) is 0 Å². The fourth-order valence-corrected chi connectivity index (χ4v) is 2.43. The van der Waals surface area contributed by atoms with Gasteiger partial charge in [0.15, 0.2) is 0 Å². The van der Waals surface area contributed by atoms with Crippen molar-refractivity contribution in [2.45, 2.75) is 19.4 Å². The lowest BCUT2D eigenvalue weighted by molar-refractivity contribution is 0.0690. The van der Waals surface area contributed by atoms with E-state index in [9.17, 15) is 9.59 Å². The van der Waals surface area contributed by atoms with Gasteiger partial charge in [0.2, 0.25) is 0 Å². The molecule has 0 spiro atoms. The van der Waals surface area contributed by atoms with Crippen molar-refractivity contribution in [2.24, 2.45) is 0 Å². The van der Waals surface area contributed by atoms with E-state index in [1.165, 1.54) is 12.1 Å². The molecule has 0 radical (unpaired) electrons. The molecule has 1 aromatic rings. The van der Waals surface area contributed by atoms with Crippen LogP contribution < -0.4 is 5.32 Å². The van der Waals surface area contributed by atoms with Crippen molar-refractivity contribution < 1.29 is 14.7 Å². The first-order valence-electron chi connectivity index (χ1n) is 5.51. The van der Waals surface area contributed by atoms with Gasteiger partial charge in [-0.2, -0.15) is 11.8 Å². The average molecular weight is 267 g/mol. The molecule has 0 saturated carbocycles. The molecule has 1 rings (SSSR count). The van der Waals surface area contributed by atoms with Gasteiger partial charge in [-0.25, -0.2) is 4.79 Å². The molecular weight excluding hydrogens is 250 g/mol. The van der Waals surface area contributed by atoms with Crippen LogP contribution in [0.5, 0.6) is 0 Å². The van der Waals surface area contributed by atoms with E-state index in [0.29, 0.717) is 0 Å². The Morgan fingerprint density at radius 2 is 1.83 bits per heavy atom. The molecule has 0 aliphatic carbocycles. The second-order valence-electron chi connectivity index (χ2n) is 4.62. The van der Waals surface area contributed by atoms with Crippen molar-refractivity contribution in [1.82, 2.24) is 5.32 Å². The fraction of sp³-hybridized carbons (Fsp3) is 0.385. The zero-order valence-corrected chi connectivity index (χ0v) is 11.5. The number of aromatic carboxylic acids is 1. The van der Waals surface area contributed by atoms with E-state index < -0.39 is 5.97 Å². The minimum atomic E-state index is -1.09. The van der Waals surface area contributed by atoms with Crippen molar-refractivity contribution in [3.05, 3.63) is 35.4 Å². The van der Waals surface area contributed by atoms with E-state index in [1.54, 1.807) is 23.9 Å². The maximum Gasteiger partial charge on any atom is 0.336 e. The van der Waals surface area contributed by atoms with Crippen molar-refractivity contribution in [1.29, 1.82) is 0 Å². The van der Waals surface area contributed by atoms with E-state index >= 15 is 0 Å². The molecule has 4 nitrogen and oxygen atoms in total. The van der Waals surface area contributed by atoms with E-state index in [0.717, 1.165) is 5.75 Å². The normalized spacial score (nSPS) is 11.1. The lowest BCUT2D eigenvalue weighted by Gasteiger charge is -2.25. The topological polar surface area (TPSA) is 66.4 Å². The van der Waals surface area contributed by atoms with Gasteiger partial charge in [-0.1, -0.05) is 12.1 Å². The Kier molecular flexibility index (Phi) is 4.78. The first-order valence-corrected chi connectivity index (χ1v) is 6.90. The van der Waals surface area contributed by atoms with Crippen LogP contribution in [0.25, 0.3) is 0 Å². The Labute approximate surface area is 111 Å². The average Bonchev–Trinajstić information content (AvgIpc) is 2.28. The highest BCUT2D eigenvalue weighted by atomic mass is 32.2. The molecule has 0 saturated heterocycles. The van der Waals surface area contributed by atoms with Crippen molar-refractivity contribution in [3.63, 3.8) is 0 Å². The summed E-state index contributed by atoms with van der Waals surface area (Å²) in [5.74, 6) is -0.691. The van der Waals surface area contributed by atoms with Crippen LogP contribution in [0.15, 0.2) is 24.3 Å². The number of nitrogens with one attached hydrogen (secondary N) is 1. The summed E-state index contributed by atoms with van der Waals surface area (Å²) < 4.78 is 0. The molecule has 2 N–H and O–H groups in total. The number of amides is 1. The van der Waals surface area contributed by atoms with Gasteiger partial charge in [0.25, 0.3) is 5.91 Å². The SMILES string of the molecule is CSCC(C)(C)NC(=O)c1ccccc1C(=O)O. The molecule has 98 valence electrons. The predicted octanol–water partition coefficient (Wildman–Crippen LogP) is 2.26. The standard InChI is InChI=1S/C13H17NO3S/c1-13(2,8-18-3)14-11(15)9-6-4-5-7-10(9)12(16)17/h4-7H,8H2,1-3H3,(H,14,15)(H,16,17). The summed E-state index contributed by atoms with van der Waals surface area (Å²) in [4.78, 5) is 23.1. The summed E-state index contributed by atoms with van der Waals surface area (Å²) in [7, 11) is 0. The van der Waals surface area contributed by atoms with Gasteiger partial charge in [-0.15, -0.1) is 0 Å². The summed E-state index contributed by atoms with van der Waals surface area (Å²) in [5, 5.41) is 11.9. The first kappa shape index (κ1) is 14.6. The zero-order chi connectivity index (χ0) is 13.8. The lowest BCUT2D eigenvalue weighted by atomic mass is 10.0. The van der Waals surface area contributed by atoms with Crippen molar-refractivity contribution >= 4 is 23.6 Å². The Hall–Kier alpha value is -1.49. The Morgan fingerprint density at radius 3 is 2.33 bits per heavy atom. The summed E-state index contributed by atoms with van der Waals surface area (Å²) in [6.45, 7) is 3.82. The minimum Gasteiger partial charge on any atom is -0.478 e. The zero-order valence-electron chi connectivity index (χ0n) is 10.7. The fourth-order valence-electron chi connectivity index (χ4n) is 1.64. The van der Waals surface area contributed by atoms with Crippen LogP contribution in [0.4, 0.5) is 0 Å². The Morgan fingerprint density at radius 1 is 1.28 bits per heavy atom. The van der Waals surface area contributed by atoms with E-state index in [4.69, 9.17) is 5.11 Å². The van der Waals surface area contributed by atoms with Crippen molar-refractivity contribution in [2.75, 3.05) is 12.0 Å². The second-order valence-corrected chi connectivity index (χ2v) is 5.49. The van der Waals surface area contributed by atoms with Gasteiger partial charge in [0.1, 0.15) is 0 Å². The minimum absolute atomic E-state index is 0.0231. The van der Waals surface area contributed by atoms with Crippen LogP contribution in [0.3, 0.4) is 0 Å². The molecule has 0 aliphatic rings. The van der Waals surface area contributed by atoms with Crippen molar-refractivity contribution in [3.8, 4) is 0 Å². The number of rotatable bonds is 5. The smallest absolute Gasteiger partial charge is 0.336 e. The third kappa shape index (κ3) is 3.77.